The Morgan fingerprint density at radius 2 is 1.70 bits per heavy atom. The summed E-state index contributed by atoms with van der Waals surface area (Å²) in [6, 6.07) is 13.5. The number of piperazine rings is 1. The number of nitrogens with zero attached hydrogens (tertiary/aromatic N) is 3. The van der Waals surface area contributed by atoms with Crippen molar-refractivity contribution in [1.82, 2.24) is 19.2 Å². The Labute approximate surface area is 175 Å². The summed E-state index contributed by atoms with van der Waals surface area (Å²) in [4.78, 5) is 22.2. The Hall–Kier alpha value is -2.75. The van der Waals surface area contributed by atoms with E-state index >= 15 is 0 Å². The van der Waals surface area contributed by atoms with Crippen LogP contribution in [0.2, 0.25) is 0 Å². The molecule has 1 fully saturated rings. The van der Waals surface area contributed by atoms with E-state index in [0.29, 0.717) is 48.7 Å². The van der Waals surface area contributed by atoms with Crippen LogP contribution in [-0.2, 0) is 10.0 Å². The number of rotatable bonds is 5. The van der Waals surface area contributed by atoms with E-state index in [9.17, 15) is 13.2 Å². The zero-order valence-electron chi connectivity index (χ0n) is 16.9. The highest BCUT2D eigenvalue weighted by Gasteiger charge is 2.31. The number of benzene rings is 2. The molecule has 1 N–H and O–H groups in total. The molecular formula is C21H24N4O4S. The Morgan fingerprint density at radius 1 is 1.03 bits per heavy atom. The smallest absolute Gasteiger partial charge is 0.258 e. The summed E-state index contributed by atoms with van der Waals surface area (Å²) in [5, 5.41) is 0.559. The van der Waals surface area contributed by atoms with Gasteiger partial charge in [-0.15, -0.1) is 0 Å². The quantitative estimate of drug-likeness (QED) is 0.668. The average molecular weight is 429 g/mol. The third kappa shape index (κ3) is 3.83. The van der Waals surface area contributed by atoms with Crippen LogP contribution in [0.25, 0.3) is 10.9 Å². The lowest BCUT2D eigenvalue weighted by Crippen LogP contribution is -2.49. The lowest BCUT2D eigenvalue weighted by atomic mass is 10.2. The number of fused-ring (bicyclic) bond motifs is 1. The van der Waals surface area contributed by atoms with Gasteiger partial charge >= 0.3 is 0 Å². The van der Waals surface area contributed by atoms with Crippen molar-refractivity contribution in [3.05, 3.63) is 64.7 Å². The molecule has 0 aliphatic carbocycles. The highest BCUT2D eigenvalue weighted by atomic mass is 32.2. The van der Waals surface area contributed by atoms with Crippen molar-refractivity contribution in [2.24, 2.45) is 0 Å². The molecule has 1 aliphatic rings. The van der Waals surface area contributed by atoms with Crippen LogP contribution in [0, 0.1) is 0 Å². The molecule has 1 atom stereocenters. The lowest BCUT2D eigenvalue weighted by Gasteiger charge is -2.37. The summed E-state index contributed by atoms with van der Waals surface area (Å²) < 4.78 is 32.5. The summed E-state index contributed by atoms with van der Waals surface area (Å²) in [5.41, 5.74) is 0.493. The van der Waals surface area contributed by atoms with E-state index in [0.717, 1.165) is 0 Å². The number of sulfonamides is 1. The number of hydrogen-bond acceptors (Lipinski definition) is 6. The van der Waals surface area contributed by atoms with E-state index in [2.05, 4.69) is 14.9 Å². The molecule has 30 heavy (non-hydrogen) atoms. The van der Waals surface area contributed by atoms with Gasteiger partial charge in [-0.05, 0) is 43.3 Å². The molecule has 0 amide bonds. The summed E-state index contributed by atoms with van der Waals surface area (Å²) in [7, 11) is -2.02. The van der Waals surface area contributed by atoms with Gasteiger partial charge in [0.25, 0.3) is 5.56 Å². The predicted octanol–water partition coefficient (Wildman–Crippen LogP) is 2.00. The fourth-order valence-corrected chi connectivity index (χ4v) is 5.13. The normalized spacial score (nSPS) is 17.1. The van der Waals surface area contributed by atoms with Crippen molar-refractivity contribution in [3.63, 3.8) is 0 Å². The maximum absolute atomic E-state index is 12.9. The second-order valence-corrected chi connectivity index (χ2v) is 9.20. The maximum Gasteiger partial charge on any atom is 0.258 e. The van der Waals surface area contributed by atoms with Crippen LogP contribution in [-0.4, -0.2) is 60.9 Å². The Balaban J connectivity index is 1.48. The Kier molecular flexibility index (Phi) is 5.59. The first-order valence-corrected chi connectivity index (χ1v) is 11.2. The Morgan fingerprint density at radius 3 is 2.37 bits per heavy atom. The van der Waals surface area contributed by atoms with Crippen LogP contribution in [0.15, 0.2) is 58.2 Å². The molecule has 4 rings (SSSR count). The number of nitrogens with one attached hydrogen (secondary N) is 1. The number of aromatic nitrogens is 2. The van der Waals surface area contributed by atoms with Crippen molar-refractivity contribution in [2.45, 2.75) is 17.9 Å². The zero-order valence-corrected chi connectivity index (χ0v) is 17.7. The van der Waals surface area contributed by atoms with Crippen molar-refractivity contribution in [1.29, 1.82) is 0 Å². The molecule has 0 bridgehead atoms. The minimum Gasteiger partial charge on any atom is -0.497 e. The summed E-state index contributed by atoms with van der Waals surface area (Å²) >= 11 is 0. The molecule has 1 saturated heterocycles. The fraction of sp³-hybridized carbons (Fsp3) is 0.333. The van der Waals surface area contributed by atoms with Crippen molar-refractivity contribution < 1.29 is 13.2 Å². The standard InChI is InChI=1S/C21H24N4O4S/c1-15(20-22-19-6-4-3-5-18(19)21(26)23-20)24-11-13-25(14-12-24)30(27,28)17-9-7-16(29-2)8-10-17/h3-10,15H,11-14H2,1-2H3,(H,22,23,26)/t15-/m1/s1. The SMILES string of the molecule is COc1ccc(S(=O)(=O)N2CCN([C@H](C)c3nc4ccccc4c(=O)[nH]3)CC2)cc1. The molecule has 3 aromatic rings. The van der Waals surface area contributed by atoms with E-state index in [1.54, 1.807) is 37.4 Å². The predicted molar refractivity (Wildman–Crippen MR) is 114 cm³/mol. The van der Waals surface area contributed by atoms with Crippen LogP contribution < -0.4 is 10.3 Å². The minimum absolute atomic E-state index is 0.131. The Bertz CT molecular complexity index is 1200. The van der Waals surface area contributed by atoms with Gasteiger partial charge in [0.1, 0.15) is 11.6 Å². The lowest BCUT2D eigenvalue weighted by molar-refractivity contribution is 0.141. The molecule has 0 spiro atoms. The third-order valence-corrected chi connectivity index (χ3v) is 7.46. The molecule has 9 heteroatoms. The van der Waals surface area contributed by atoms with Crippen LogP contribution in [0.3, 0.4) is 0 Å². The van der Waals surface area contributed by atoms with Gasteiger partial charge in [0, 0.05) is 26.2 Å². The first-order valence-electron chi connectivity index (χ1n) is 9.77. The first-order chi connectivity index (χ1) is 14.4. The number of methoxy groups -OCH3 is 1. The maximum atomic E-state index is 12.9. The summed E-state index contributed by atoms with van der Waals surface area (Å²) in [5.74, 6) is 1.20. The van der Waals surface area contributed by atoms with Crippen LogP contribution in [0.4, 0.5) is 0 Å². The van der Waals surface area contributed by atoms with Gasteiger partial charge < -0.3 is 9.72 Å². The second-order valence-electron chi connectivity index (χ2n) is 7.26. The molecule has 0 unspecified atom stereocenters. The van der Waals surface area contributed by atoms with Gasteiger partial charge in [-0.25, -0.2) is 13.4 Å². The number of hydrogen-bond donors (Lipinski definition) is 1. The molecule has 0 radical (unpaired) electrons. The zero-order chi connectivity index (χ0) is 21.3. The van der Waals surface area contributed by atoms with E-state index in [1.807, 2.05) is 25.1 Å². The average Bonchev–Trinajstić information content (AvgIpc) is 2.78. The summed E-state index contributed by atoms with van der Waals surface area (Å²) in [6.07, 6.45) is 0. The van der Waals surface area contributed by atoms with Gasteiger partial charge in [0.05, 0.1) is 29.0 Å². The molecule has 0 saturated carbocycles. The third-order valence-electron chi connectivity index (χ3n) is 5.55. The summed E-state index contributed by atoms with van der Waals surface area (Å²) in [6.45, 7) is 3.81. The number of para-hydroxylation sites is 1. The highest BCUT2D eigenvalue weighted by molar-refractivity contribution is 7.89. The largest absolute Gasteiger partial charge is 0.497 e. The molecule has 1 aliphatic heterocycles. The van der Waals surface area contributed by atoms with Gasteiger partial charge in [0.15, 0.2) is 0 Å². The molecule has 2 aromatic carbocycles. The van der Waals surface area contributed by atoms with E-state index in [1.165, 1.54) is 4.31 Å². The molecule has 1 aromatic heterocycles. The van der Waals surface area contributed by atoms with Crippen LogP contribution in [0.5, 0.6) is 5.75 Å². The minimum atomic E-state index is -3.56. The van der Waals surface area contributed by atoms with Crippen molar-refractivity contribution >= 4 is 20.9 Å². The highest BCUT2D eigenvalue weighted by Crippen LogP contribution is 2.24. The number of ether oxygens (including phenoxy) is 1. The van der Waals surface area contributed by atoms with Gasteiger partial charge in [-0.2, -0.15) is 4.31 Å². The van der Waals surface area contributed by atoms with Gasteiger partial charge in [-0.3, -0.25) is 9.69 Å². The van der Waals surface area contributed by atoms with E-state index in [-0.39, 0.29) is 16.5 Å². The van der Waals surface area contributed by atoms with Gasteiger partial charge in [0.2, 0.25) is 10.0 Å². The molecule has 8 nitrogen and oxygen atoms in total. The number of aromatic amines is 1. The fourth-order valence-electron chi connectivity index (χ4n) is 3.70. The van der Waals surface area contributed by atoms with E-state index < -0.39 is 10.0 Å². The van der Waals surface area contributed by atoms with Gasteiger partial charge in [-0.1, -0.05) is 12.1 Å². The van der Waals surface area contributed by atoms with Crippen LogP contribution >= 0.6 is 0 Å². The molecule has 158 valence electrons. The van der Waals surface area contributed by atoms with E-state index in [4.69, 9.17) is 4.74 Å². The monoisotopic (exact) mass is 428 g/mol. The second kappa shape index (κ2) is 8.17. The molecular weight excluding hydrogens is 404 g/mol. The molecule has 2 heterocycles. The first kappa shape index (κ1) is 20.5. The van der Waals surface area contributed by atoms with Crippen LogP contribution in [0.1, 0.15) is 18.8 Å². The topological polar surface area (TPSA) is 95.6 Å². The van der Waals surface area contributed by atoms with Crippen molar-refractivity contribution in [3.8, 4) is 5.75 Å². The van der Waals surface area contributed by atoms with Crippen molar-refractivity contribution in [2.75, 3.05) is 33.3 Å². The number of H-pyrrole nitrogens is 1.